The van der Waals surface area contributed by atoms with Gasteiger partial charge in [0.05, 0.1) is 7.11 Å². The third-order valence-electron chi connectivity index (χ3n) is 4.74. The van der Waals surface area contributed by atoms with Crippen molar-refractivity contribution >= 4 is 22.6 Å². The number of fused-ring (bicyclic) bond motifs is 1. The van der Waals surface area contributed by atoms with E-state index in [0.717, 1.165) is 35.5 Å². The summed E-state index contributed by atoms with van der Waals surface area (Å²) in [5, 5.41) is 11.8. The van der Waals surface area contributed by atoms with Crippen LogP contribution in [-0.4, -0.2) is 26.1 Å². The van der Waals surface area contributed by atoms with Crippen LogP contribution in [-0.2, 0) is 6.54 Å². The Hall–Kier alpha value is -3.28. The van der Waals surface area contributed by atoms with E-state index in [2.05, 4.69) is 24.1 Å². The van der Waals surface area contributed by atoms with Crippen molar-refractivity contribution < 1.29 is 13.9 Å². The monoisotopic (exact) mass is 379 g/mol. The van der Waals surface area contributed by atoms with Crippen LogP contribution in [0.1, 0.15) is 29.8 Å². The summed E-state index contributed by atoms with van der Waals surface area (Å²) in [5.74, 6) is 0.431. The SMILES string of the molecule is CCN(CC)c1ccc2cc(C(=O)NCc3ccc(OC)cc3)c(=N)oc2c1. The summed E-state index contributed by atoms with van der Waals surface area (Å²) in [5.41, 5.74) is 2.66. The lowest BCUT2D eigenvalue weighted by molar-refractivity contribution is 0.0946. The summed E-state index contributed by atoms with van der Waals surface area (Å²) >= 11 is 0. The van der Waals surface area contributed by atoms with Crippen LogP contribution < -0.4 is 20.5 Å². The lowest BCUT2D eigenvalue weighted by Gasteiger charge is -2.21. The molecule has 0 atom stereocenters. The molecule has 2 N–H and O–H groups in total. The third-order valence-corrected chi connectivity index (χ3v) is 4.74. The molecular weight excluding hydrogens is 354 g/mol. The van der Waals surface area contributed by atoms with Gasteiger partial charge >= 0.3 is 0 Å². The molecular formula is C22H25N3O3. The second-order valence-corrected chi connectivity index (χ2v) is 6.41. The van der Waals surface area contributed by atoms with Crippen LogP contribution in [0.5, 0.6) is 5.75 Å². The van der Waals surface area contributed by atoms with Crippen LogP contribution in [0.15, 0.2) is 52.9 Å². The molecule has 6 heteroatoms. The Bertz CT molecular complexity index is 1020. The van der Waals surface area contributed by atoms with Crippen molar-refractivity contribution in [3.8, 4) is 5.75 Å². The first-order valence-electron chi connectivity index (χ1n) is 9.34. The summed E-state index contributed by atoms with van der Waals surface area (Å²) in [6, 6.07) is 15.0. The maximum atomic E-state index is 12.5. The molecule has 0 aliphatic heterocycles. The molecule has 146 valence electrons. The Balaban J connectivity index is 1.79. The van der Waals surface area contributed by atoms with Gasteiger partial charge in [-0.25, -0.2) is 0 Å². The van der Waals surface area contributed by atoms with Gasteiger partial charge in [0.1, 0.15) is 16.9 Å². The van der Waals surface area contributed by atoms with Gasteiger partial charge < -0.3 is 19.4 Å². The third kappa shape index (κ3) is 4.17. The quantitative estimate of drug-likeness (QED) is 0.656. The number of hydrogen-bond acceptors (Lipinski definition) is 5. The molecule has 0 spiro atoms. The highest BCUT2D eigenvalue weighted by Crippen LogP contribution is 2.22. The Labute approximate surface area is 164 Å². The molecule has 3 rings (SSSR count). The molecule has 6 nitrogen and oxygen atoms in total. The van der Waals surface area contributed by atoms with E-state index in [4.69, 9.17) is 14.6 Å². The van der Waals surface area contributed by atoms with Crippen LogP contribution in [0.25, 0.3) is 11.0 Å². The van der Waals surface area contributed by atoms with Gasteiger partial charge in [-0.2, -0.15) is 0 Å². The predicted octanol–water partition coefficient (Wildman–Crippen LogP) is 3.70. The number of anilines is 1. The average Bonchev–Trinajstić information content (AvgIpc) is 2.72. The Morgan fingerprint density at radius 1 is 1.11 bits per heavy atom. The van der Waals surface area contributed by atoms with Crippen molar-refractivity contribution in [1.82, 2.24) is 5.32 Å². The fourth-order valence-corrected chi connectivity index (χ4v) is 3.09. The smallest absolute Gasteiger partial charge is 0.257 e. The number of hydrogen-bond donors (Lipinski definition) is 2. The van der Waals surface area contributed by atoms with E-state index in [1.54, 1.807) is 13.2 Å². The topological polar surface area (TPSA) is 78.6 Å². The van der Waals surface area contributed by atoms with Crippen LogP contribution in [0.2, 0.25) is 0 Å². The fourth-order valence-electron chi connectivity index (χ4n) is 3.09. The standard InChI is InChI=1S/C22H25N3O3/c1-4-25(5-2)17-9-8-16-12-19(21(23)28-20(16)13-17)22(26)24-14-15-6-10-18(27-3)11-7-15/h6-13,23H,4-5,14H2,1-3H3,(H,24,26). The minimum absolute atomic E-state index is 0.142. The molecule has 0 aliphatic carbocycles. The Morgan fingerprint density at radius 3 is 2.46 bits per heavy atom. The number of nitrogens with one attached hydrogen (secondary N) is 2. The highest BCUT2D eigenvalue weighted by Gasteiger charge is 2.13. The van der Waals surface area contributed by atoms with Gasteiger partial charge in [0.15, 0.2) is 0 Å². The second kappa shape index (κ2) is 8.61. The van der Waals surface area contributed by atoms with Crippen molar-refractivity contribution in [2.75, 3.05) is 25.1 Å². The van der Waals surface area contributed by atoms with Crippen LogP contribution >= 0.6 is 0 Å². The van der Waals surface area contributed by atoms with Crippen molar-refractivity contribution in [2.24, 2.45) is 0 Å². The molecule has 0 radical (unpaired) electrons. The molecule has 28 heavy (non-hydrogen) atoms. The van der Waals surface area contributed by atoms with Crippen molar-refractivity contribution in [1.29, 1.82) is 5.41 Å². The fraction of sp³-hybridized carbons (Fsp3) is 0.273. The number of methoxy groups -OCH3 is 1. The number of benzene rings is 2. The highest BCUT2D eigenvalue weighted by molar-refractivity contribution is 5.96. The maximum absolute atomic E-state index is 12.5. The summed E-state index contributed by atoms with van der Waals surface area (Å²) in [7, 11) is 1.61. The second-order valence-electron chi connectivity index (χ2n) is 6.41. The van der Waals surface area contributed by atoms with E-state index in [1.165, 1.54) is 0 Å². The molecule has 0 bridgehead atoms. The van der Waals surface area contributed by atoms with Crippen molar-refractivity contribution in [3.63, 3.8) is 0 Å². The zero-order valence-corrected chi connectivity index (χ0v) is 16.4. The van der Waals surface area contributed by atoms with E-state index < -0.39 is 0 Å². The Kier molecular flexibility index (Phi) is 5.99. The summed E-state index contributed by atoms with van der Waals surface area (Å²) < 4.78 is 10.8. The molecule has 1 amide bonds. The lowest BCUT2D eigenvalue weighted by Crippen LogP contribution is -2.28. The first-order chi connectivity index (χ1) is 13.5. The number of rotatable bonds is 7. The normalized spacial score (nSPS) is 10.7. The summed E-state index contributed by atoms with van der Waals surface area (Å²) in [6.07, 6.45) is 0. The molecule has 0 aliphatic rings. The first-order valence-corrected chi connectivity index (χ1v) is 9.34. The number of carbonyl (C=O) groups is 1. The van der Waals surface area contributed by atoms with E-state index in [0.29, 0.717) is 12.1 Å². The molecule has 2 aromatic carbocycles. The van der Waals surface area contributed by atoms with Crippen molar-refractivity contribution in [3.05, 3.63) is 65.2 Å². The van der Waals surface area contributed by atoms with E-state index in [9.17, 15) is 4.79 Å². The number of ether oxygens (including phenoxy) is 1. The highest BCUT2D eigenvalue weighted by atomic mass is 16.5. The Morgan fingerprint density at radius 2 is 1.82 bits per heavy atom. The van der Waals surface area contributed by atoms with Crippen LogP contribution in [0.3, 0.4) is 0 Å². The molecule has 3 aromatic rings. The van der Waals surface area contributed by atoms with E-state index in [1.807, 2.05) is 42.5 Å². The average molecular weight is 379 g/mol. The summed E-state index contributed by atoms with van der Waals surface area (Å²) in [4.78, 5) is 14.8. The largest absolute Gasteiger partial charge is 0.497 e. The molecule has 1 aromatic heterocycles. The molecule has 0 saturated carbocycles. The van der Waals surface area contributed by atoms with E-state index in [-0.39, 0.29) is 17.0 Å². The van der Waals surface area contributed by atoms with Gasteiger partial charge in [-0.15, -0.1) is 0 Å². The number of amides is 1. The maximum Gasteiger partial charge on any atom is 0.257 e. The first kappa shape index (κ1) is 19.5. The number of nitrogens with zero attached hydrogens (tertiary/aromatic N) is 1. The molecule has 0 fully saturated rings. The minimum Gasteiger partial charge on any atom is -0.497 e. The van der Waals surface area contributed by atoms with Gasteiger partial charge in [0, 0.05) is 36.8 Å². The predicted molar refractivity (Wildman–Crippen MR) is 110 cm³/mol. The molecule has 0 saturated heterocycles. The van der Waals surface area contributed by atoms with Crippen LogP contribution in [0.4, 0.5) is 5.69 Å². The van der Waals surface area contributed by atoms with E-state index >= 15 is 0 Å². The van der Waals surface area contributed by atoms with Crippen molar-refractivity contribution in [2.45, 2.75) is 20.4 Å². The summed E-state index contributed by atoms with van der Waals surface area (Å²) in [6.45, 7) is 6.33. The lowest BCUT2D eigenvalue weighted by atomic mass is 10.1. The van der Waals surface area contributed by atoms with Gasteiger partial charge in [-0.1, -0.05) is 12.1 Å². The van der Waals surface area contributed by atoms with Crippen LogP contribution in [0, 0.1) is 5.41 Å². The minimum atomic E-state index is -0.334. The molecule has 0 unspecified atom stereocenters. The van der Waals surface area contributed by atoms with Gasteiger partial charge in [0.2, 0.25) is 5.55 Å². The van der Waals surface area contributed by atoms with Gasteiger partial charge in [-0.3, -0.25) is 10.2 Å². The zero-order chi connectivity index (χ0) is 20.1. The van der Waals surface area contributed by atoms with Gasteiger partial charge in [0.25, 0.3) is 5.91 Å². The zero-order valence-electron chi connectivity index (χ0n) is 16.4. The number of carbonyl (C=O) groups excluding carboxylic acids is 1. The van der Waals surface area contributed by atoms with Gasteiger partial charge in [-0.05, 0) is 49.7 Å². The molecule has 1 heterocycles.